The van der Waals surface area contributed by atoms with E-state index in [4.69, 9.17) is 10.8 Å². The fourth-order valence-corrected chi connectivity index (χ4v) is 6.88. The van der Waals surface area contributed by atoms with Gasteiger partial charge in [-0.15, -0.1) is 0 Å². The van der Waals surface area contributed by atoms with Crippen molar-refractivity contribution in [1.82, 2.24) is 0 Å². The molecule has 0 saturated heterocycles. The number of hydrogen-bond acceptors (Lipinski definition) is 4. The number of phenols is 1. The Bertz CT molecular complexity index is 726. The van der Waals surface area contributed by atoms with Crippen molar-refractivity contribution >= 4 is 96.3 Å². The molecule has 130 valence electrons. The first kappa shape index (κ1) is 21.1. The lowest BCUT2D eigenvalue weighted by atomic mass is 9.84. The molecule has 3 atom stereocenters. The number of carboxylic acid groups (broad SMARTS) is 1. The van der Waals surface area contributed by atoms with Crippen molar-refractivity contribution in [3.63, 3.8) is 0 Å². The predicted molar refractivity (Wildman–Crippen MR) is 126 cm³/mol. The van der Waals surface area contributed by atoms with E-state index in [0.717, 1.165) is 5.57 Å². The molecule has 0 fully saturated rings. The van der Waals surface area contributed by atoms with Crippen LogP contribution in [0, 0.1) is 7.14 Å². The zero-order chi connectivity index (χ0) is 18.2. The van der Waals surface area contributed by atoms with Gasteiger partial charge in [-0.3, -0.25) is 4.79 Å². The van der Waals surface area contributed by atoms with Crippen LogP contribution in [-0.2, 0) is 10.4 Å². The number of halogens is 4. The molecule has 0 spiro atoms. The van der Waals surface area contributed by atoms with E-state index in [0.29, 0.717) is 16.3 Å². The molecule has 0 heterocycles. The van der Waals surface area contributed by atoms with Crippen molar-refractivity contribution in [3.8, 4) is 5.75 Å². The Labute approximate surface area is 193 Å². The Kier molecular flexibility index (Phi) is 7.24. The normalized spacial score (nSPS) is 25.0. The molecule has 5 N–H and O–H groups in total. The molecule has 2 rings (SSSR count). The van der Waals surface area contributed by atoms with Crippen LogP contribution in [0.25, 0.3) is 0 Å². The second-order valence-corrected chi connectivity index (χ2v) is 10.2. The monoisotopic (exact) mass is 779 g/mol. The van der Waals surface area contributed by atoms with Gasteiger partial charge < -0.3 is 21.1 Å². The number of aliphatic hydroxyl groups is 1. The van der Waals surface area contributed by atoms with Gasteiger partial charge >= 0.3 is 5.97 Å². The van der Waals surface area contributed by atoms with E-state index in [-0.39, 0.29) is 16.1 Å². The minimum Gasteiger partial charge on any atom is -0.506 e. The van der Waals surface area contributed by atoms with Gasteiger partial charge in [0.15, 0.2) is 0 Å². The maximum atomic E-state index is 11.3. The molecule has 1 aliphatic rings. The van der Waals surface area contributed by atoms with Crippen LogP contribution in [0.5, 0.6) is 5.75 Å². The Morgan fingerprint density at radius 1 is 1.29 bits per heavy atom. The predicted octanol–water partition coefficient (Wildman–Crippen LogP) is 3.65. The molecular weight excluding hydrogens is 766 g/mol. The number of aliphatic carboxylic acids is 1. The first-order valence-electron chi connectivity index (χ1n) is 6.69. The number of allylic oxidation sites excluding steroid dienone is 1. The molecular formula is C15H13I4NO4. The van der Waals surface area contributed by atoms with E-state index in [1.807, 2.05) is 51.3 Å². The van der Waals surface area contributed by atoms with Gasteiger partial charge in [0, 0.05) is 3.58 Å². The van der Waals surface area contributed by atoms with Gasteiger partial charge in [-0.25, -0.2) is 0 Å². The molecule has 1 aromatic rings. The third kappa shape index (κ3) is 4.20. The molecule has 24 heavy (non-hydrogen) atoms. The molecule has 0 aromatic heterocycles. The molecule has 0 amide bonds. The topological polar surface area (TPSA) is 104 Å². The third-order valence-electron chi connectivity index (χ3n) is 3.67. The van der Waals surface area contributed by atoms with Gasteiger partial charge in [0.2, 0.25) is 0 Å². The third-order valence-corrected chi connectivity index (χ3v) is 7.70. The molecule has 5 nitrogen and oxygen atoms in total. The lowest BCUT2D eigenvalue weighted by molar-refractivity contribution is -0.138. The van der Waals surface area contributed by atoms with E-state index in [2.05, 4.69) is 45.2 Å². The van der Waals surface area contributed by atoms with E-state index in [1.54, 1.807) is 18.2 Å². The van der Waals surface area contributed by atoms with E-state index in [9.17, 15) is 15.0 Å². The number of rotatable bonds is 4. The minimum absolute atomic E-state index is 0.201. The molecule has 2 unspecified atom stereocenters. The maximum Gasteiger partial charge on any atom is 0.320 e. The molecule has 1 aliphatic carbocycles. The quantitative estimate of drug-likeness (QED) is 0.277. The van der Waals surface area contributed by atoms with Gasteiger partial charge in [-0.1, -0.05) is 28.7 Å². The first-order valence-corrected chi connectivity index (χ1v) is 11.2. The highest BCUT2D eigenvalue weighted by molar-refractivity contribution is 14.1. The number of nitrogens with two attached hydrogens (primary N) is 1. The first-order chi connectivity index (χ1) is 11.1. The van der Waals surface area contributed by atoms with Gasteiger partial charge in [-0.05, 0) is 104 Å². The van der Waals surface area contributed by atoms with E-state index in [1.165, 1.54) is 0 Å². The van der Waals surface area contributed by atoms with Crippen molar-refractivity contribution in [2.24, 2.45) is 5.73 Å². The summed E-state index contributed by atoms with van der Waals surface area (Å²) < 4.78 is 1.72. The zero-order valence-corrected chi connectivity index (χ0v) is 20.6. The van der Waals surface area contributed by atoms with Crippen LogP contribution in [0.1, 0.15) is 12.0 Å². The SMILES string of the molecule is N[C@@H](CC1=CC(I)C(O)(c2cc(I)c(O)c(I)c2)C(I)=C1)C(=O)O. The summed E-state index contributed by atoms with van der Waals surface area (Å²) in [6.45, 7) is 0. The Morgan fingerprint density at radius 3 is 2.29 bits per heavy atom. The second-order valence-electron chi connectivity index (χ2n) is 5.34. The van der Waals surface area contributed by atoms with Crippen LogP contribution in [0.4, 0.5) is 0 Å². The molecule has 9 heteroatoms. The summed E-state index contributed by atoms with van der Waals surface area (Å²) >= 11 is 8.28. The largest absolute Gasteiger partial charge is 0.506 e. The fourth-order valence-electron chi connectivity index (χ4n) is 2.31. The lowest BCUT2D eigenvalue weighted by Crippen LogP contribution is -2.38. The van der Waals surface area contributed by atoms with Gasteiger partial charge in [0.05, 0.1) is 11.1 Å². The van der Waals surface area contributed by atoms with Crippen molar-refractivity contribution in [2.45, 2.75) is 22.0 Å². The molecule has 0 saturated carbocycles. The average Bonchev–Trinajstić information content (AvgIpc) is 2.49. The average molecular weight is 779 g/mol. The minimum atomic E-state index is -1.23. The fraction of sp³-hybridized carbons (Fsp3) is 0.267. The summed E-state index contributed by atoms with van der Waals surface area (Å²) in [4.78, 5) is 10.9. The second kappa shape index (κ2) is 8.22. The number of carbonyl (C=O) groups is 1. The molecule has 0 bridgehead atoms. The highest BCUT2D eigenvalue weighted by Gasteiger charge is 2.42. The van der Waals surface area contributed by atoms with Crippen LogP contribution in [-0.4, -0.2) is 31.3 Å². The smallest absolute Gasteiger partial charge is 0.320 e. The Hall–Kier alpha value is 0.810. The van der Waals surface area contributed by atoms with Gasteiger partial charge in [0.1, 0.15) is 17.4 Å². The standard InChI is InChI=1S/C15H13I4NO4/c16-8-4-7(5-9(17)13(8)21)15(24)11(18)2-6(3-12(15)19)1-10(20)14(22)23/h2-5,10-11,21,24H,1,20H2,(H,22,23)/t10-,11?,15?/m0/s1. The van der Waals surface area contributed by atoms with Crippen LogP contribution in [0.3, 0.4) is 0 Å². The molecule has 0 radical (unpaired) electrons. The number of hydrogen-bond donors (Lipinski definition) is 4. The summed E-state index contributed by atoms with van der Waals surface area (Å²) in [5.41, 5.74) is 5.86. The number of benzene rings is 1. The summed E-state index contributed by atoms with van der Waals surface area (Å²) in [5, 5.41) is 30.2. The Balaban J connectivity index is 2.41. The number of aromatic hydroxyl groups is 1. The van der Waals surface area contributed by atoms with E-state index >= 15 is 0 Å². The van der Waals surface area contributed by atoms with Crippen LogP contribution >= 0.6 is 90.4 Å². The lowest BCUT2D eigenvalue weighted by Gasteiger charge is -2.36. The van der Waals surface area contributed by atoms with Crippen LogP contribution in [0.2, 0.25) is 0 Å². The molecule has 0 aliphatic heterocycles. The van der Waals surface area contributed by atoms with E-state index < -0.39 is 17.6 Å². The highest BCUT2D eigenvalue weighted by Crippen LogP contribution is 2.46. The van der Waals surface area contributed by atoms with Crippen LogP contribution in [0.15, 0.2) is 33.4 Å². The maximum absolute atomic E-state index is 11.3. The summed E-state index contributed by atoms with van der Waals surface area (Å²) in [5.74, 6) is -0.847. The van der Waals surface area contributed by atoms with Crippen LogP contribution < -0.4 is 5.73 Å². The van der Waals surface area contributed by atoms with Crippen molar-refractivity contribution in [2.75, 3.05) is 0 Å². The zero-order valence-electron chi connectivity index (χ0n) is 12.0. The Morgan fingerprint density at radius 2 is 1.83 bits per heavy atom. The number of alkyl halides is 1. The summed E-state index contributed by atoms with van der Waals surface area (Å²) in [7, 11) is 0. The van der Waals surface area contributed by atoms with Crippen molar-refractivity contribution in [3.05, 3.63) is 46.1 Å². The van der Waals surface area contributed by atoms with Gasteiger partial charge in [0.25, 0.3) is 0 Å². The summed E-state index contributed by atoms with van der Waals surface area (Å²) in [6.07, 6.45) is 3.84. The number of phenolic OH excluding ortho intramolecular Hbond substituents is 1. The van der Waals surface area contributed by atoms with Crippen molar-refractivity contribution in [1.29, 1.82) is 0 Å². The van der Waals surface area contributed by atoms with Crippen molar-refractivity contribution < 1.29 is 20.1 Å². The highest BCUT2D eigenvalue weighted by atomic mass is 127. The molecule has 1 aromatic carbocycles. The van der Waals surface area contributed by atoms with Gasteiger partial charge in [-0.2, -0.15) is 0 Å². The number of carboxylic acids is 1. The summed E-state index contributed by atoms with van der Waals surface area (Å²) in [6, 6.07) is 2.55.